The third-order valence-electron chi connectivity index (χ3n) is 4.93. The third-order valence-corrected chi connectivity index (χ3v) is 4.93. The predicted octanol–water partition coefficient (Wildman–Crippen LogP) is 2.16. The zero-order valence-corrected chi connectivity index (χ0v) is 13.9. The molecule has 2 aliphatic rings. The standard InChI is InChI=1S/C18H25N3O3/c22-17(23)14-6-4-11-21(12-14)18(24)19-15-7-5-10-20(13-15)16-8-2-1-3-9-16/h1-3,8-9,14-15H,4-7,10-13H2,(H,19,24)(H,22,23). The molecule has 2 amide bonds. The lowest BCUT2D eigenvalue weighted by molar-refractivity contribution is -0.143. The van der Waals surface area contributed by atoms with Crippen LogP contribution in [0.2, 0.25) is 0 Å². The molecule has 0 radical (unpaired) electrons. The van der Waals surface area contributed by atoms with Crippen molar-refractivity contribution in [2.75, 3.05) is 31.1 Å². The fourth-order valence-corrected chi connectivity index (χ4v) is 3.60. The number of aliphatic carboxylic acids is 1. The summed E-state index contributed by atoms with van der Waals surface area (Å²) in [4.78, 5) is 27.6. The Labute approximate surface area is 142 Å². The molecule has 0 aliphatic carbocycles. The molecule has 24 heavy (non-hydrogen) atoms. The van der Waals surface area contributed by atoms with Gasteiger partial charge >= 0.3 is 12.0 Å². The second-order valence-corrected chi connectivity index (χ2v) is 6.69. The van der Waals surface area contributed by atoms with E-state index in [1.54, 1.807) is 4.90 Å². The Bertz CT molecular complexity index is 578. The lowest BCUT2D eigenvalue weighted by Crippen LogP contribution is -2.53. The van der Waals surface area contributed by atoms with Crippen molar-refractivity contribution < 1.29 is 14.7 Å². The van der Waals surface area contributed by atoms with E-state index in [1.165, 1.54) is 5.69 Å². The summed E-state index contributed by atoms with van der Waals surface area (Å²) in [7, 11) is 0. The number of para-hydroxylation sites is 1. The SMILES string of the molecule is O=C(O)C1CCCN(C(=O)NC2CCCN(c3ccccc3)C2)C1. The van der Waals surface area contributed by atoms with E-state index in [4.69, 9.17) is 5.11 Å². The van der Waals surface area contributed by atoms with Crippen LogP contribution in [0.1, 0.15) is 25.7 Å². The van der Waals surface area contributed by atoms with Crippen molar-refractivity contribution in [3.63, 3.8) is 0 Å². The molecular formula is C18H25N3O3. The number of hydrogen-bond acceptors (Lipinski definition) is 3. The summed E-state index contributed by atoms with van der Waals surface area (Å²) in [5.74, 6) is -1.24. The molecular weight excluding hydrogens is 306 g/mol. The van der Waals surface area contributed by atoms with E-state index in [2.05, 4.69) is 22.3 Å². The van der Waals surface area contributed by atoms with E-state index in [1.807, 2.05) is 18.2 Å². The molecule has 2 fully saturated rings. The summed E-state index contributed by atoms with van der Waals surface area (Å²) in [6.45, 7) is 2.76. The molecule has 2 unspecified atom stereocenters. The van der Waals surface area contributed by atoms with Crippen LogP contribution in [0.5, 0.6) is 0 Å². The summed E-state index contributed by atoms with van der Waals surface area (Å²) in [5, 5.41) is 12.3. The molecule has 3 rings (SSSR count). The van der Waals surface area contributed by atoms with Crippen molar-refractivity contribution in [2.24, 2.45) is 5.92 Å². The van der Waals surface area contributed by atoms with Crippen molar-refractivity contribution in [1.82, 2.24) is 10.2 Å². The van der Waals surface area contributed by atoms with E-state index in [9.17, 15) is 9.59 Å². The lowest BCUT2D eigenvalue weighted by Gasteiger charge is -2.37. The van der Waals surface area contributed by atoms with Gasteiger partial charge in [-0.2, -0.15) is 0 Å². The first kappa shape index (κ1) is 16.6. The van der Waals surface area contributed by atoms with E-state index >= 15 is 0 Å². The van der Waals surface area contributed by atoms with E-state index < -0.39 is 11.9 Å². The van der Waals surface area contributed by atoms with Crippen LogP contribution in [0.15, 0.2) is 30.3 Å². The fourth-order valence-electron chi connectivity index (χ4n) is 3.60. The average molecular weight is 331 g/mol. The number of urea groups is 1. The van der Waals surface area contributed by atoms with Gasteiger partial charge in [0.15, 0.2) is 0 Å². The zero-order valence-electron chi connectivity index (χ0n) is 13.9. The largest absolute Gasteiger partial charge is 0.481 e. The minimum absolute atomic E-state index is 0.108. The Morgan fingerprint density at radius 2 is 1.79 bits per heavy atom. The summed E-state index contributed by atoms with van der Waals surface area (Å²) in [6.07, 6.45) is 3.42. The summed E-state index contributed by atoms with van der Waals surface area (Å²) in [6, 6.07) is 10.2. The number of carbonyl (C=O) groups is 2. The Morgan fingerprint density at radius 3 is 2.54 bits per heavy atom. The first-order valence-corrected chi connectivity index (χ1v) is 8.72. The number of carboxylic acids is 1. The molecule has 2 atom stereocenters. The summed E-state index contributed by atoms with van der Waals surface area (Å²) >= 11 is 0. The molecule has 1 aromatic rings. The Kier molecular flexibility index (Phi) is 5.23. The van der Waals surface area contributed by atoms with Crippen LogP contribution < -0.4 is 10.2 Å². The molecule has 2 N–H and O–H groups in total. The van der Waals surface area contributed by atoms with E-state index in [-0.39, 0.29) is 12.1 Å². The predicted molar refractivity (Wildman–Crippen MR) is 92.1 cm³/mol. The van der Waals surface area contributed by atoms with Crippen LogP contribution in [0.3, 0.4) is 0 Å². The smallest absolute Gasteiger partial charge is 0.317 e. The van der Waals surface area contributed by atoms with E-state index in [0.29, 0.717) is 19.5 Å². The maximum atomic E-state index is 12.5. The van der Waals surface area contributed by atoms with Crippen molar-refractivity contribution in [3.05, 3.63) is 30.3 Å². The second-order valence-electron chi connectivity index (χ2n) is 6.69. The topological polar surface area (TPSA) is 72.9 Å². The van der Waals surface area contributed by atoms with Gasteiger partial charge in [0.25, 0.3) is 0 Å². The minimum Gasteiger partial charge on any atom is -0.481 e. The average Bonchev–Trinajstić information content (AvgIpc) is 2.63. The molecule has 2 saturated heterocycles. The first-order chi connectivity index (χ1) is 11.6. The number of likely N-dealkylation sites (tertiary alicyclic amines) is 1. The zero-order chi connectivity index (χ0) is 16.9. The van der Waals surface area contributed by atoms with Gasteiger partial charge in [-0.1, -0.05) is 18.2 Å². The van der Waals surface area contributed by atoms with Crippen LogP contribution in [0.4, 0.5) is 10.5 Å². The number of piperidine rings is 2. The van der Waals surface area contributed by atoms with Crippen molar-refractivity contribution in [2.45, 2.75) is 31.7 Å². The maximum Gasteiger partial charge on any atom is 0.317 e. The van der Waals surface area contributed by atoms with Crippen molar-refractivity contribution >= 4 is 17.7 Å². The Balaban J connectivity index is 1.55. The van der Waals surface area contributed by atoms with Crippen LogP contribution in [0.25, 0.3) is 0 Å². The molecule has 1 aromatic carbocycles. The van der Waals surface area contributed by atoms with Crippen LogP contribution in [-0.4, -0.2) is 54.2 Å². The van der Waals surface area contributed by atoms with Crippen LogP contribution in [0, 0.1) is 5.92 Å². The maximum absolute atomic E-state index is 12.5. The molecule has 0 bridgehead atoms. The molecule has 0 saturated carbocycles. The van der Waals surface area contributed by atoms with Crippen molar-refractivity contribution in [3.8, 4) is 0 Å². The number of hydrogen-bond donors (Lipinski definition) is 2. The fraction of sp³-hybridized carbons (Fsp3) is 0.556. The molecule has 6 heteroatoms. The highest BCUT2D eigenvalue weighted by atomic mass is 16.4. The highest BCUT2D eigenvalue weighted by Gasteiger charge is 2.30. The van der Waals surface area contributed by atoms with Crippen LogP contribution >= 0.6 is 0 Å². The quantitative estimate of drug-likeness (QED) is 0.890. The van der Waals surface area contributed by atoms with Crippen LogP contribution in [-0.2, 0) is 4.79 Å². The van der Waals surface area contributed by atoms with Gasteiger partial charge in [0.2, 0.25) is 0 Å². The highest BCUT2D eigenvalue weighted by molar-refractivity contribution is 5.77. The molecule has 2 aliphatic heterocycles. The van der Waals surface area contributed by atoms with Gasteiger partial charge in [-0.15, -0.1) is 0 Å². The van der Waals surface area contributed by atoms with Gasteiger partial charge in [0, 0.05) is 37.9 Å². The van der Waals surface area contributed by atoms with Gasteiger partial charge in [-0.05, 0) is 37.8 Å². The van der Waals surface area contributed by atoms with Crippen molar-refractivity contribution in [1.29, 1.82) is 0 Å². The molecule has 130 valence electrons. The summed E-state index contributed by atoms with van der Waals surface area (Å²) in [5.41, 5.74) is 1.18. The van der Waals surface area contributed by atoms with Gasteiger partial charge in [-0.25, -0.2) is 4.79 Å². The number of anilines is 1. The van der Waals surface area contributed by atoms with Gasteiger partial charge in [-0.3, -0.25) is 4.79 Å². The first-order valence-electron chi connectivity index (χ1n) is 8.72. The number of rotatable bonds is 3. The van der Waals surface area contributed by atoms with Gasteiger partial charge in [0.1, 0.15) is 0 Å². The molecule has 6 nitrogen and oxygen atoms in total. The highest BCUT2D eigenvalue weighted by Crippen LogP contribution is 2.20. The lowest BCUT2D eigenvalue weighted by atomic mass is 9.98. The normalized spacial score (nSPS) is 24.5. The molecule has 0 aromatic heterocycles. The second kappa shape index (κ2) is 7.55. The monoisotopic (exact) mass is 331 g/mol. The Hall–Kier alpha value is -2.24. The number of nitrogens with zero attached hydrogens (tertiary/aromatic N) is 2. The third kappa shape index (κ3) is 3.99. The molecule has 2 heterocycles. The Morgan fingerprint density at radius 1 is 1.04 bits per heavy atom. The van der Waals surface area contributed by atoms with Gasteiger partial charge in [0.05, 0.1) is 5.92 Å². The number of benzene rings is 1. The summed E-state index contributed by atoms with van der Waals surface area (Å²) < 4.78 is 0. The number of carboxylic acid groups (broad SMARTS) is 1. The minimum atomic E-state index is -0.805. The molecule has 0 spiro atoms. The van der Waals surface area contributed by atoms with E-state index in [0.717, 1.165) is 32.4 Å². The number of amides is 2. The van der Waals surface area contributed by atoms with Gasteiger partial charge < -0.3 is 20.2 Å². The number of nitrogens with one attached hydrogen (secondary N) is 1. The number of carbonyl (C=O) groups excluding carboxylic acids is 1.